The second-order valence-electron chi connectivity index (χ2n) is 5.45. The second-order valence-corrected chi connectivity index (χ2v) is 5.45. The van der Waals surface area contributed by atoms with Gasteiger partial charge in [0, 0.05) is 5.92 Å². The predicted octanol–water partition coefficient (Wildman–Crippen LogP) is 4.78. The lowest BCUT2D eigenvalue weighted by Gasteiger charge is -2.16. The molecule has 2 aliphatic carbocycles. The van der Waals surface area contributed by atoms with Crippen molar-refractivity contribution in [1.29, 1.82) is 0 Å². The quantitative estimate of drug-likeness (QED) is 0.578. The van der Waals surface area contributed by atoms with E-state index in [1.54, 1.807) is 0 Å². The molecule has 0 bridgehead atoms. The molecule has 0 amide bonds. The zero-order valence-electron chi connectivity index (χ0n) is 11.1. The molecule has 4 rings (SSSR count). The summed E-state index contributed by atoms with van der Waals surface area (Å²) in [6, 6.07) is 13.4. The summed E-state index contributed by atoms with van der Waals surface area (Å²) in [6.07, 6.45) is 10.00. The van der Waals surface area contributed by atoms with Crippen molar-refractivity contribution >= 4 is 0 Å². The minimum absolute atomic E-state index is 0.462. The Hall–Kier alpha value is -2.08. The molecule has 0 fully saturated rings. The van der Waals surface area contributed by atoms with Crippen LogP contribution in [0.25, 0.3) is 11.1 Å². The highest BCUT2D eigenvalue weighted by atomic mass is 14.3. The Labute approximate surface area is 114 Å². The summed E-state index contributed by atoms with van der Waals surface area (Å²) >= 11 is 0. The third kappa shape index (κ3) is 1.53. The van der Waals surface area contributed by atoms with Crippen LogP contribution in [0.2, 0.25) is 0 Å². The molecular formula is C19H16. The van der Waals surface area contributed by atoms with E-state index in [0.29, 0.717) is 5.92 Å². The first-order valence-corrected chi connectivity index (χ1v) is 6.90. The zero-order valence-corrected chi connectivity index (χ0v) is 11.1. The molecule has 0 aliphatic heterocycles. The number of fused-ring (bicyclic) bond motifs is 3. The lowest BCUT2D eigenvalue weighted by molar-refractivity contribution is 1.03. The summed E-state index contributed by atoms with van der Waals surface area (Å²) < 4.78 is 0. The van der Waals surface area contributed by atoms with Crippen molar-refractivity contribution < 1.29 is 0 Å². The highest BCUT2D eigenvalue weighted by molar-refractivity contribution is 5.79. The van der Waals surface area contributed by atoms with Crippen LogP contribution in [-0.2, 0) is 6.42 Å². The number of hydrogen-bond donors (Lipinski definition) is 0. The van der Waals surface area contributed by atoms with Gasteiger partial charge in [-0.05, 0) is 46.7 Å². The summed E-state index contributed by atoms with van der Waals surface area (Å²) in [6.45, 7) is 2.23. The molecule has 0 unspecified atom stereocenters. The molecule has 0 saturated carbocycles. The van der Waals surface area contributed by atoms with E-state index >= 15 is 0 Å². The van der Waals surface area contributed by atoms with E-state index in [9.17, 15) is 0 Å². The van der Waals surface area contributed by atoms with E-state index in [0.717, 1.165) is 6.42 Å². The number of allylic oxidation sites excluding steroid dienone is 4. The lowest BCUT2D eigenvalue weighted by Crippen LogP contribution is -1.99. The van der Waals surface area contributed by atoms with Crippen LogP contribution in [0, 0.1) is 6.92 Å². The summed E-state index contributed by atoms with van der Waals surface area (Å²) in [7, 11) is 0. The Morgan fingerprint density at radius 2 is 1.68 bits per heavy atom. The lowest BCUT2D eigenvalue weighted by atomic mass is 9.88. The maximum Gasteiger partial charge on any atom is 0.0210 e. The van der Waals surface area contributed by atoms with Gasteiger partial charge in [-0.2, -0.15) is 0 Å². The molecule has 0 heterocycles. The SMILES string of the molecule is Cc1ccc2c(c1C1C=CC=C1)Cc1ccccc1-2. The fourth-order valence-corrected chi connectivity index (χ4v) is 3.44. The van der Waals surface area contributed by atoms with E-state index < -0.39 is 0 Å². The predicted molar refractivity (Wildman–Crippen MR) is 80.4 cm³/mol. The minimum Gasteiger partial charge on any atom is -0.0732 e. The van der Waals surface area contributed by atoms with Gasteiger partial charge in [0.1, 0.15) is 0 Å². The maximum atomic E-state index is 2.30. The molecule has 0 saturated heterocycles. The second kappa shape index (κ2) is 3.96. The Kier molecular flexibility index (Phi) is 2.25. The van der Waals surface area contributed by atoms with Crippen molar-refractivity contribution in [3.8, 4) is 11.1 Å². The molecule has 0 heteroatoms. The first-order chi connectivity index (χ1) is 9.34. The van der Waals surface area contributed by atoms with Gasteiger partial charge in [0.2, 0.25) is 0 Å². The van der Waals surface area contributed by atoms with Gasteiger partial charge in [-0.15, -0.1) is 0 Å². The highest BCUT2D eigenvalue weighted by Crippen LogP contribution is 2.42. The fraction of sp³-hybridized carbons (Fsp3) is 0.158. The third-order valence-corrected chi connectivity index (χ3v) is 4.33. The van der Waals surface area contributed by atoms with Crippen LogP contribution < -0.4 is 0 Å². The van der Waals surface area contributed by atoms with Crippen molar-refractivity contribution in [2.45, 2.75) is 19.3 Å². The first kappa shape index (κ1) is 10.8. The average molecular weight is 244 g/mol. The van der Waals surface area contributed by atoms with Crippen molar-refractivity contribution in [1.82, 2.24) is 0 Å². The minimum atomic E-state index is 0.462. The van der Waals surface area contributed by atoms with Crippen LogP contribution in [0.3, 0.4) is 0 Å². The van der Waals surface area contributed by atoms with E-state index in [2.05, 4.69) is 67.6 Å². The Morgan fingerprint density at radius 3 is 2.53 bits per heavy atom. The standard InChI is InChI=1S/C19H16/c1-13-10-11-17-16-9-5-4-8-15(16)12-18(17)19(13)14-6-2-3-7-14/h2-11,14H,12H2,1H3. The summed E-state index contributed by atoms with van der Waals surface area (Å²) in [5.74, 6) is 0.462. The van der Waals surface area contributed by atoms with Crippen LogP contribution in [0.15, 0.2) is 60.7 Å². The van der Waals surface area contributed by atoms with Crippen LogP contribution >= 0.6 is 0 Å². The van der Waals surface area contributed by atoms with Crippen molar-refractivity contribution in [2.75, 3.05) is 0 Å². The van der Waals surface area contributed by atoms with Gasteiger partial charge >= 0.3 is 0 Å². The number of aryl methyl sites for hydroxylation is 1. The molecule has 0 aromatic heterocycles. The topological polar surface area (TPSA) is 0 Å². The summed E-state index contributed by atoms with van der Waals surface area (Å²) in [5.41, 5.74) is 8.78. The number of hydrogen-bond acceptors (Lipinski definition) is 0. The van der Waals surface area contributed by atoms with Crippen molar-refractivity contribution in [3.63, 3.8) is 0 Å². The van der Waals surface area contributed by atoms with E-state index in [1.165, 1.54) is 33.4 Å². The van der Waals surface area contributed by atoms with Gasteiger partial charge in [-0.25, -0.2) is 0 Å². The van der Waals surface area contributed by atoms with Crippen LogP contribution in [0.1, 0.15) is 28.2 Å². The Bertz CT molecular complexity index is 705. The number of benzene rings is 2. The molecule has 0 nitrogen and oxygen atoms in total. The number of rotatable bonds is 1. The monoisotopic (exact) mass is 244 g/mol. The Morgan fingerprint density at radius 1 is 0.895 bits per heavy atom. The van der Waals surface area contributed by atoms with Crippen molar-refractivity contribution in [2.24, 2.45) is 0 Å². The molecular weight excluding hydrogens is 228 g/mol. The molecule has 2 aromatic rings. The van der Waals surface area contributed by atoms with Gasteiger partial charge in [0.05, 0.1) is 0 Å². The Balaban J connectivity index is 1.96. The van der Waals surface area contributed by atoms with Crippen LogP contribution in [0.5, 0.6) is 0 Å². The molecule has 92 valence electrons. The maximum absolute atomic E-state index is 2.30. The average Bonchev–Trinajstić information content (AvgIpc) is 3.05. The molecule has 19 heavy (non-hydrogen) atoms. The molecule has 0 atom stereocenters. The highest BCUT2D eigenvalue weighted by Gasteiger charge is 2.24. The molecule has 2 aromatic carbocycles. The smallest absolute Gasteiger partial charge is 0.0210 e. The van der Waals surface area contributed by atoms with Gasteiger partial charge in [-0.1, -0.05) is 60.7 Å². The van der Waals surface area contributed by atoms with Crippen LogP contribution in [0.4, 0.5) is 0 Å². The van der Waals surface area contributed by atoms with E-state index in [1.807, 2.05) is 0 Å². The largest absolute Gasteiger partial charge is 0.0732 e. The normalized spacial score (nSPS) is 15.8. The van der Waals surface area contributed by atoms with Crippen LogP contribution in [-0.4, -0.2) is 0 Å². The fourth-order valence-electron chi connectivity index (χ4n) is 3.44. The summed E-state index contributed by atoms with van der Waals surface area (Å²) in [5, 5.41) is 0. The molecule has 0 N–H and O–H groups in total. The molecule has 2 aliphatic rings. The van der Waals surface area contributed by atoms with Gasteiger partial charge in [-0.3, -0.25) is 0 Å². The van der Waals surface area contributed by atoms with Gasteiger partial charge in [0.25, 0.3) is 0 Å². The molecule has 0 spiro atoms. The van der Waals surface area contributed by atoms with E-state index in [4.69, 9.17) is 0 Å². The van der Waals surface area contributed by atoms with Gasteiger partial charge in [0.15, 0.2) is 0 Å². The third-order valence-electron chi connectivity index (χ3n) is 4.33. The van der Waals surface area contributed by atoms with Crippen molar-refractivity contribution in [3.05, 3.63) is 83.0 Å². The summed E-state index contributed by atoms with van der Waals surface area (Å²) in [4.78, 5) is 0. The van der Waals surface area contributed by atoms with Gasteiger partial charge < -0.3 is 0 Å². The van der Waals surface area contributed by atoms with E-state index in [-0.39, 0.29) is 0 Å². The zero-order chi connectivity index (χ0) is 12.8. The first-order valence-electron chi connectivity index (χ1n) is 6.90. The molecule has 0 radical (unpaired) electrons.